The number of benzene rings is 2. The second-order valence-electron chi connectivity index (χ2n) is 5.22. The largest absolute Gasteiger partial charge is 0.479 e. The first-order valence-corrected chi connectivity index (χ1v) is 8.33. The van der Waals surface area contributed by atoms with Crippen LogP contribution in [0.25, 0.3) is 0 Å². The van der Waals surface area contributed by atoms with Gasteiger partial charge in [0.1, 0.15) is 11.6 Å². The van der Waals surface area contributed by atoms with Crippen LogP contribution in [0.1, 0.15) is 12.5 Å². The molecule has 0 heterocycles. The number of hydrogen-bond acceptors (Lipinski definition) is 4. The zero-order valence-electron chi connectivity index (χ0n) is 13.5. The van der Waals surface area contributed by atoms with Gasteiger partial charge in [-0.05, 0) is 48.9 Å². The van der Waals surface area contributed by atoms with Gasteiger partial charge in [0.15, 0.2) is 12.7 Å². The molecule has 1 atom stereocenters. The van der Waals surface area contributed by atoms with Crippen molar-refractivity contribution in [3.05, 3.63) is 64.4 Å². The summed E-state index contributed by atoms with van der Waals surface area (Å²) >= 11 is 3.31. The third-order valence-electron chi connectivity index (χ3n) is 3.21. The first-order chi connectivity index (χ1) is 11.9. The quantitative estimate of drug-likeness (QED) is 0.713. The van der Waals surface area contributed by atoms with Crippen molar-refractivity contribution in [3.8, 4) is 5.75 Å². The number of hydrogen-bond donors (Lipinski definition) is 1. The summed E-state index contributed by atoms with van der Waals surface area (Å²) in [4.78, 5) is 23.6. The van der Waals surface area contributed by atoms with Crippen LogP contribution in [0, 0.1) is 5.82 Å². The number of carbonyl (C=O) groups excluding carboxylic acids is 2. The fourth-order valence-corrected chi connectivity index (χ4v) is 2.14. The first-order valence-electron chi connectivity index (χ1n) is 7.54. The Labute approximate surface area is 153 Å². The van der Waals surface area contributed by atoms with E-state index in [2.05, 4.69) is 21.2 Å². The highest BCUT2D eigenvalue weighted by Gasteiger charge is 2.17. The zero-order valence-corrected chi connectivity index (χ0v) is 15.1. The number of nitrogens with one attached hydrogen (secondary N) is 1. The van der Waals surface area contributed by atoms with Gasteiger partial charge in [0.25, 0.3) is 5.91 Å². The van der Waals surface area contributed by atoms with E-state index in [1.54, 1.807) is 43.3 Å². The van der Waals surface area contributed by atoms with E-state index in [1.807, 2.05) is 0 Å². The average Bonchev–Trinajstić information content (AvgIpc) is 2.61. The molecule has 0 unspecified atom stereocenters. The molecule has 2 aromatic carbocycles. The van der Waals surface area contributed by atoms with Gasteiger partial charge in [-0.2, -0.15) is 0 Å². The molecule has 2 aromatic rings. The van der Waals surface area contributed by atoms with Crippen LogP contribution in [0.3, 0.4) is 0 Å². The van der Waals surface area contributed by atoms with Gasteiger partial charge in [-0.15, -0.1) is 0 Å². The van der Waals surface area contributed by atoms with E-state index in [9.17, 15) is 14.0 Å². The standard InChI is InChI=1S/C18H17BrFNO4/c1-12(25-16-8-4-14(19)5-9-16)18(23)24-11-17(22)21-10-13-2-6-15(20)7-3-13/h2-9,12H,10-11H2,1H3,(H,21,22)/t12-/m1/s1. The van der Waals surface area contributed by atoms with E-state index < -0.39 is 24.6 Å². The summed E-state index contributed by atoms with van der Waals surface area (Å²) in [6, 6.07) is 12.7. The maximum absolute atomic E-state index is 12.8. The molecule has 2 rings (SSSR count). The lowest BCUT2D eigenvalue weighted by molar-refractivity contribution is -0.154. The van der Waals surface area contributed by atoms with Gasteiger partial charge in [-0.25, -0.2) is 9.18 Å². The average molecular weight is 410 g/mol. The molecule has 0 saturated carbocycles. The van der Waals surface area contributed by atoms with Gasteiger partial charge in [0.2, 0.25) is 0 Å². The number of esters is 1. The highest BCUT2D eigenvalue weighted by molar-refractivity contribution is 9.10. The lowest BCUT2D eigenvalue weighted by atomic mass is 10.2. The van der Waals surface area contributed by atoms with Gasteiger partial charge in [-0.3, -0.25) is 4.79 Å². The van der Waals surface area contributed by atoms with Crippen molar-refractivity contribution < 1.29 is 23.5 Å². The molecule has 5 nitrogen and oxygen atoms in total. The topological polar surface area (TPSA) is 64.6 Å². The van der Waals surface area contributed by atoms with Crippen LogP contribution in [0.2, 0.25) is 0 Å². The van der Waals surface area contributed by atoms with Gasteiger partial charge < -0.3 is 14.8 Å². The van der Waals surface area contributed by atoms with Crippen molar-refractivity contribution in [2.24, 2.45) is 0 Å². The van der Waals surface area contributed by atoms with Gasteiger partial charge in [0.05, 0.1) is 0 Å². The third kappa shape index (κ3) is 6.54. The highest BCUT2D eigenvalue weighted by Crippen LogP contribution is 2.17. The van der Waals surface area contributed by atoms with Crippen molar-refractivity contribution in [2.45, 2.75) is 19.6 Å². The van der Waals surface area contributed by atoms with Crippen LogP contribution in [0.4, 0.5) is 4.39 Å². The summed E-state index contributed by atoms with van der Waals surface area (Å²) < 4.78 is 24.0. The molecule has 132 valence electrons. The molecule has 7 heteroatoms. The minimum absolute atomic E-state index is 0.224. The lowest BCUT2D eigenvalue weighted by Gasteiger charge is -2.14. The Morgan fingerprint density at radius 1 is 1.12 bits per heavy atom. The van der Waals surface area contributed by atoms with Crippen LogP contribution in [-0.2, 0) is 20.9 Å². The van der Waals surface area contributed by atoms with Gasteiger partial charge >= 0.3 is 5.97 Å². The van der Waals surface area contributed by atoms with Crippen molar-refractivity contribution in [2.75, 3.05) is 6.61 Å². The van der Waals surface area contributed by atoms with Gasteiger partial charge in [-0.1, -0.05) is 28.1 Å². The first kappa shape index (κ1) is 18.9. The number of rotatable bonds is 7. The maximum atomic E-state index is 12.8. The lowest BCUT2D eigenvalue weighted by Crippen LogP contribution is -2.32. The molecule has 1 N–H and O–H groups in total. The second kappa shape index (κ2) is 9.17. The molecule has 25 heavy (non-hydrogen) atoms. The smallest absolute Gasteiger partial charge is 0.347 e. The summed E-state index contributed by atoms with van der Waals surface area (Å²) in [7, 11) is 0. The summed E-state index contributed by atoms with van der Waals surface area (Å²) in [5, 5.41) is 2.58. The Kier molecular flexibility index (Phi) is 6.94. The van der Waals surface area contributed by atoms with E-state index >= 15 is 0 Å². The number of carbonyl (C=O) groups is 2. The number of ether oxygens (including phenoxy) is 2. The SMILES string of the molecule is C[C@@H](Oc1ccc(Br)cc1)C(=O)OCC(=O)NCc1ccc(F)cc1. The van der Waals surface area contributed by atoms with E-state index in [0.29, 0.717) is 5.75 Å². The number of halogens is 2. The van der Waals surface area contributed by atoms with E-state index in [4.69, 9.17) is 9.47 Å². The maximum Gasteiger partial charge on any atom is 0.347 e. The second-order valence-corrected chi connectivity index (χ2v) is 6.14. The Bertz CT molecular complexity index is 719. The van der Waals surface area contributed by atoms with Gasteiger partial charge in [0, 0.05) is 11.0 Å². The molecule has 0 aliphatic rings. The third-order valence-corrected chi connectivity index (χ3v) is 3.74. The molecule has 0 fully saturated rings. The number of amides is 1. The molecular formula is C18H17BrFNO4. The van der Waals surface area contributed by atoms with Crippen LogP contribution < -0.4 is 10.1 Å². The Balaban J connectivity index is 1.71. The van der Waals surface area contributed by atoms with Crippen molar-refractivity contribution in [1.82, 2.24) is 5.32 Å². The summed E-state index contributed by atoms with van der Waals surface area (Å²) in [5.41, 5.74) is 0.744. The molecule has 0 radical (unpaired) electrons. The summed E-state index contributed by atoms with van der Waals surface area (Å²) in [6.45, 7) is 1.36. The molecule has 0 bridgehead atoms. The van der Waals surface area contributed by atoms with E-state index in [0.717, 1.165) is 10.0 Å². The van der Waals surface area contributed by atoms with E-state index in [1.165, 1.54) is 12.1 Å². The van der Waals surface area contributed by atoms with Crippen molar-refractivity contribution in [3.63, 3.8) is 0 Å². The highest BCUT2D eigenvalue weighted by atomic mass is 79.9. The Morgan fingerprint density at radius 2 is 1.76 bits per heavy atom. The molecule has 0 spiro atoms. The van der Waals surface area contributed by atoms with Crippen molar-refractivity contribution >= 4 is 27.8 Å². The normalized spacial score (nSPS) is 11.5. The fourth-order valence-electron chi connectivity index (χ4n) is 1.87. The van der Waals surface area contributed by atoms with Crippen LogP contribution in [0.5, 0.6) is 5.75 Å². The minimum atomic E-state index is -0.842. The molecule has 0 aromatic heterocycles. The van der Waals surface area contributed by atoms with Crippen LogP contribution in [-0.4, -0.2) is 24.6 Å². The van der Waals surface area contributed by atoms with Crippen molar-refractivity contribution in [1.29, 1.82) is 0 Å². The molecule has 1 amide bonds. The van der Waals surface area contributed by atoms with Crippen LogP contribution >= 0.6 is 15.9 Å². The summed E-state index contributed by atoms with van der Waals surface area (Å²) in [5.74, 6) is -0.912. The summed E-state index contributed by atoms with van der Waals surface area (Å²) in [6.07, 6.45) is -0.842. The zero-order chi connectivity index (χ0) is 18.2. The van der Waals surface area contributed by atoms with E-state index in [-0.39, 0.29) is 12.4 Å². The molecular weight excluding hydrogens is 393 g/mol. The Hall–Kier alpha value is -2.41. The predicted molar refractivity (Wildman–Crippen MR) is 93.4 cm³/mol. The molecule has 0 aliphatic heterocycles. The Morgan fingerprint density at radius 3 is 2.40 bits per heavy atom. The molecule has 0 aliphatic carbocycles. The fraction of sp³-hybridized carbons (Fsp3) is 0.222. The minimum Gasteiger partial charge on any atom is -0.479 e. The molecule has 0 saturated heterocycles. The predicted octanol–water partition coefficient (Wildman–Crippen LogP) is 3.22. The monoisotopic (exact) mass is 409 g/mol. The van der Waals surface area contributed by atoms with Crippen LogP contribution in [0.15, 0.2) is 53.0 Å².